The highest BCUT2D eigenvalue weighted by atomic mass is 32.2. The molecular weight excluding hydrogens is 461 g/mol. The van der Waals surface area contributed by atoms with Gasteiger partial charge in [-0.2, -0.15) is 0 Å². The van der Waals surface area contributed by atoms with Gasteiger partial charge in [-0.3, -0.25) is 4.72 Å². The molecule has 176 valence electrons. The highest BCUT2D eigenvalue weighted by Gasteiger charge is 2.24. The number of methoxy groups -OCH3 is 1. The fraction of sp³-hybridized carbons (Fsp3) is 0.333. The van der Waals surface area contributed by atoms with Gasteiger partial charge in [0.1, 0.15) is 16.5 Å². The lowest BCUT2D eigenvalue weighted by molar-refractivity contribution is 0.406. The molecule has 0 radical (unpaired) electrons. The van der Waals surface area contributed by atoms with Crippen LogP contribution in [0.5, 0.6) is 5.75 Å². The van der Waals surface area contributed by atoms with E-state index in [0.29, 0.717) is 23.4 Å². The Morgan fingerprint density at radius 2 is 1.82 bits per heavy atom. The van der Waals surface area contributed by atoms with Crippen LogP contribution in [-0.4, -0.2) is 40.7 Å². The standard InChI is InChI=1S/C24H28FN3O3S2/c1-15-12-28(13-16(2)26-15)20-6-7-23(31-4)22(11-20)27-33(29,30)24-8-5-18(10-21(24)25)19-9-17(3)32-14-19/h5-11,14-16,26-27H,12-13H2,1-4H3/t15-,16+. The molecule has 1 aliphatic heterocycles. The fourth-order valence-corrected chi connectivity index (χ4v) is 6.04. The number of hydrogen-bond donors (Lipinski definition) is 2. The minimum absolute atomic E-state index is 0.269. The fourth-order valence-electron chi connectivity index (χ4n) is 4.20. The monoisotopic (exact) mass is 489 g/mol. The van der Waals surface area contributed by atoms with Crippen molar-refractivity contribution in [1.82, 2.24) is 5.32 Å². The third kappa shape index (κ3) is 5.15. The number of rotatable bonds is 6. The first kappa shape index (κ1) is 23.5. The highest BCUT2D eigenvalue weighted by molar-refractivity contribution is 7.92. The molecule has 0 saturated carbocycles. The molecule has 0 unspecified atom stereocenters. The molecule has 4 rings (SSSR count). The first-order chi connectivity index (χ1) is 15.7. The van der Waals surface area contributed by atoms with Crippen molar-refractivity contribution in [2.45, 2.75) is 37.8 Å². The van der Waals surface area contributed by atoms with Crippen LogP contribution in [0, 0.1) is 12.7 Å². The summed E-state index contributed by atoms with van der Waals surface area (Å²) in [6, 6.07) is 12.1. The quantitative estimate of drug-likeness (QED) is 0.518. The first-order valence-corrected chi connectivity index (χ1v) is 13.1. The molecular formula is C24H28FN3O3S2. The molecule has 2 N–H and O–H groups in total. The zero-order valence-corrected chi connectivity index (χ0v) is 20.7. The summed E-state index contributed by atoms with van der Waals surface area (Å²) in [4.78, 5) is 2.89. The molecule has 3 aromatic rings. The van der Waals surface area contributed by atoms with Gasteiger partial charge in [0.05, 0.1) is 12.8 Å². The molecule has 1 saturated heterocycles. The summed E-state index contributed by atoms with van der Waals surface area (Å²) in [5, 5.41) is 5.40. The Bertz CT molecular complexity index is 1250. The normalized spacial score (nSPS) is 18.9. The third-order valence-corrected chi connectivity index (χ3v) is 7.90. The molecule has 2 atom stereocenters. The number of nitrogens with one attached hydrogen (secondary N) is 2. The molecule has 0 amide bonds. The molecule has 0 spiro atoms. The van der Waals surface area contributed by atoms with Crippen molar-refractivity contribution in [3.05, 3.63) is 58.5 Å². The largest absolute Gasteiger partial charge is 0.495 e. The van der Waals surface area contributed by atoms with Crippen LogP contribution < -0.4 is 19.7 Å². The average molecular weight is 490 g/mol. The molecule has 2 aromatic carbocycles. The molecule has 0 aliphatic carbocycles. The predicted molar refractivity (Wildman–Crippen MR) is 133 cm³/mol. The van der Waals surface area contributed by atoms with Gasteiger partial charge >= 0.3 is 0 Å². The minimum atomic E-state index is -4.17. The average Bonchev–Trinajstić information content (AvgIpc) is 3.19. The zero-order chi connectivity index (χ0) is 23.8. The number of benzene rings is 2. The van der Waals surface area contributed by atoms with Gasteiger partial charge in [-0.15, -0.1) is 11.3 Å². The number of thiophene rings is 1. The van der Waals surface area contributed by atoms with Crippen molar-refractivity contribution in [3.8, 4) is 16.9 Å². The Kier molecular flexibility index (Phi) is 6.65. The molecule has 1 aliphatic rings. The van der Waals surface area contributed by atoms with Crippen molar-refractivity contribution in [2.24, 2.45) is 0 Å². The topological polar surface area (TPSA) is 70.7 Å². The van der Waals surface area contributed by atoms with Crippen molar-refractivity contribution in [2.75, 3.05) is 29.8 Å². The number of ether oxygens (including phenoxy) is 1. The molecule has 1 fully saturated rings. The summed E-state index contributed by atoms with van der Waals surface area (Å²) in [5.41, 5.74) is 2.64. The number of hydrogen-bond acceptors (Lipinski definition) is 6. The van der Waals surface area contributed by atoms with Gasteiger partial charge in [-0.1, -0.05) is 6.07 Å². The van der Waals surface area contributed by atoms with Gasteiger partial charge in [0.25, 0.3) is 10.0 Å². The van der Waals surface area contributed by atoms with Crippen LogP contribution in [0.2, 0.25) is 0 Å². The third-order valence-electron chi connectivity index (χ3n) is 5.64. The minimum Gasteiger partial charge on any atom is -0.495 e. The van der Waals surface area contributed by atoms with E-state index in [0.717, 1.165) is 29.2 Å². The second kappa shape index (κ2) is 9.32. The smallest absolute Gasteiger partial charge is 0.264 e. The van der Waals surface area contributed by atoms with Crippen LogP contribution in [-0.2, 0) is 10.0 Å². The lowest BCUT2D eigenvalue weighted by Gasteiger charge is -2.38. The second-order valence-corrected chi connectivity index (χ2v) is 11.2. The Balaban J connectivity index is 1.63. The molecule has 0 bridgehead atoms. The maximum Gasteiger partial charge on any atom is 0.264 e. The van der Waals surface area contributed by atoms with Gasteiger partial charge < -0.3 is 15.0 Å². The molecule has 33 heavy (non-hydrogen) atoms. The van der Waals surface area contributed by atoms with Gasteiger partial charge in [-0.05, 0) is 73.7 Å². The molecule has 1 aromatic heterocycles. The number of halogens is 1. The Morgan fingerprint density at radius 3 is 2.42 bits per heavy atom. The van der Waals surface area contributed by atoms with Crippen LogP contribution >= 0.6 is 11.3 Å². The van der Waals surface area contributed by atoms with Crippen LogP contribution in [0.1, 0.15) is 18.7 Å². The SMILES string of the molecule is COc1ccc(N2C[C@@H](C)N[C@@H](C)C2)cc1NS(=O)(=O)c1ccc(-c2csc(C)c2)cc1F. The van der Waals surface area contributed by atoms with Crippen molar-refractivity contribution in [3.63, 3.8) is 0 Å². The summed E-state index contributed by atoms with van der Waals surface area (Å²) in [7, 11) is -2.70. The highest BCUT2D eigenvalue weighted by Crippen LogP contribution is 2.33. The van der Waals surface area contributed by atoms with Crippen molar-refractivity contribution in [1.29, 1.82) is 0 Å². The molecule has 2 heterocycles. The molecule has 6 nitrogen and oxygen atoms in total. The summed E-state index contributed by atoms with van der Waals surface area (Å²) in [5.74, 6) is -0.437. The summed E-state index contributed by atoms with van der Waals surface area (Å²) in [6.07, 6.45) is 0. The lowest BCUT2D eigenvalue weighted by atomic mass is 10.1. The van der Waals surface area contributed by atoms with E-state index >= 15 is 0 Å². The van der Waals surface area contributed by atoms with Crippen LogP contribution in [0.4, 0.5) is 15.8 Å². The zero-order valence-electron chi connectivity index (χ0n) is 19.1. The van der Waals surface area contributed by atoms with E-state index in [1.54, 1.807) is 29.5 Å². The number of sulfonamides is 1. The Morgan fingerprint density at radius 1 is 1.09 bits per heavy atom. The lowest BCUT2D eigenvalue weighted by Crippen LogP contribution is -2.54. The number of aryl methyl sites for hydroxylation is 1. The maximum atomic E-state index is 14.9. The van der Waals surface area contributed by atoms with E-state index in [2.05, 4.69) is 28.8 Å². The van der Waals surface area contributed by atoms with Gasteiger partial charge in [-0.25, -0.2) is 12.8 Å². The number of nitrogens with zero attached hydrogens (tertiary/aromatic N) is 1. The van der Waals surface area contributed by atoms with E-state index in [1.807, 2.05) is 24.4 Å². The molecule has 9 heteroatoms. The summed E-state index contributed by atoms with van der Waals surface area (Å²) in [6.45, 7) is 7.78. The van der Waals surface area contributed by atoms with E-state index < -0.39 is 20.7 Å². The summed E-state index contributed by atoms with van der Waals surface area (Å²) < 4.78 is 49.0. The summed E-state index contributed by atoms with van der Waals surface area (Å²) >= 11 is 1.56. The predicted octanol–water partition coefficient (Wildman–Crippen LogP) is 4.86. The number of anilines is 2. The Labute approximate surface area is 198 Å². The van der Waals surface area contributed by atoms with E-state index in [-0.39, 0.29) is 5.69 Å². The first-order valence-electron chi connectivity index (χ1n) is 10.7. The van der Waals surface area contributed by atoms with Crippen LogP contribution in [0.15, 0.2) is 52.7 Å². The maximum absolute atomic E-state index is 14.9. The van der Waals surface area contributed by atoms with E-state index in [9.17, 15) is 12.8 Å². The van der Waals surface area contributed by atoms with Gasteiger partial charge in [0.2, 0.25) is 0 Å². The van der Waals surface area contributed by atoms with Crippen LogP contribution in [0.3, 0.4) is 0 Å². The van der Waals surface area contributed by atoms with Crippen molar-refractivity contribution >= 4 is 32.7 Å². The van der Waals surface area contributed by atoms with Crippen LogP contribution in [0.25, 0.3) is 11.1 Å². The van der Waals surface area contributed by atoms with Crippen molar-refractivity contribution < 1.29 is 17.5 Å². The number of piperazine rings is 1. The van der Waals surface area contributed by atoms with E-state index in [4.69, 9.17) is 4.74 Å². The van der Waals surface area contributed by atoms with Gasteiger partial charge in [0.15, 0.2) is 0 Å². The second-order valence-electron chi connectivity index (χ2n) is 8.46. The Hall–Kier alpha value is -2.62. The van der Waals surface area contributed by atoms with Gasteiger partial charge in [0, 0.05) is 35.7 Å². The van der Waals surface area contributed by atoms with E-state index in [1.165, 1.54) is 19.2 Å².